The van der Waals surface area contributed by atoms with Crippen LogP contribution < -0.4 is 0 Å². The Balaban J connectivity index is 2.01. The van der Waals surface area contributed by atoms with Crippen LogP contribution in [0.15, 0.2) is 24.4 Å². The maximum absolute atomic E-state index is 9.50. The van der Waals surface area contributed by atoms with Gasteiger partial charge in [0.05, 0.1) is 12.3 Å². The SMILES string of the molecule is CC1CCN(Cc2ccccn2)CC(CO)N1C. The van der Waals surface area contributed by atoms with Crippen LogP contribution in [0.2, 0.25) is 0 Å². The summed E-state index contributed by atoms with van der Waals surface area (Å²) in [5.41, 5.74) is 1.10. The van der Waals surface area contributed by atoms with Gasteiger partial charge in [-0.05, 0) is 32.5 Å². The van der Waals surface area contributed by atoms with Gasteiger partial charge in [-0.25, -0.2) is 0 Å². The number of rotatable bonds is 3. The lowest BCUT2D eigenvalue weighted by Crippen LogP contribution is -2.43. The molecule has 1 aliphatic rings. The smallest absolute Gasteiger partial charge is 0.0599 e. The van der Waals surface area contributed by atoms with Crippen molar-refractivity contribution in [2.75, 3.05) is 26.7 Å². The molecule has 2 unspecified atom stereocenters. The fourth-order valence-electron chi connectivity index (χ4n) is 2.50. The Morgan fingerprint density at radius 2 is 2.28 bits per heavy atom. The average molecular weight is 249 g/mol. The molecule has 0 amide bonds. The van der Waals surface area contributed by atoms with Crippen molar-refractivity contribution in [2.24, 2.45) is 0 Å². The molecule has 0 aliphatic carbocycles. The number of pyridine rings is 1. The minimum Gasteiger partial charge on any atom is -0.395 e. The van der Waals surface area contributed by atoms with Gasteiger partial charge >= 0.3 is 0 Å². The number of likely N-dealkylation sites (N-methyl/N-ethyl adjacent to an activating group) is 1. The Morgan fingerprint density at radius 1 is 1.44 bits per heavy atom. The monoisotopic (exact) mass is 249 g/mol. The second kappa shape index (κ2) is 6.27. The van der Waals surface area contributed by atoms with E-state index in [1.54, 1.807) is 0 Å². The van der Waals surface area contributed by atoms with E-state index in [4.69, 9.17) is 0 Å². The van der Waals surface area contributed by atoms with Crippen LogP contribution in [0.25, 0.3) is 0 Å². The van der Waals surface area contributed by atoms with E-state index in [9.17, 15) is 5.11 Å². The summed E-state index contributed by atoms with van der Waals surface area (Å²) in [5.74, 6) is 0. The first-order valence-corrected chi connectivity index (χ1v) is 6.65. The van der Waals surface area contributed by atoms with Crippen molar-refractivity contribution in [1.82, 2.24) is 14.8 Å². The van der Waals surface area contributed by atoms with Gasteiger partial charge in [-0.3, -0.25) is 14.8 Å². The molecule has 100 valence electrons. The summed E-state index contributed by atoms with van der Waals surface area (Å²) in [6, 6.07) is 6.78. The molecular formula is C14H23N3O. The molecule has 18 heavy (non-hydrogen) atoms. The molecule has 0 saturated carbocycles. The second-order valence-electron chi connectivity index (χ2n) is 5.20. The average Bonchev–Trinajstić information content (AvgIpc) is 2.53. The molecule has 0 radical (unpaired) electrons. The summed E-state index contributed by atoms with van der Waals surface area (Å²) in [7, 11) is 2.11. The highest BCUT2D eigenvalue weighted by atomic mass is 16.3. The third kappa shape index (κ3) is 3.28. The van der Waals surface area contributed by atoms with E-state index in [1.165, 1.54) is 0 Å². The van der Waals surface area contributed by atoms with Crippen molar-refractivity contribution in [3.05, 3.63) is 30.1 Å². The fraction of sp³-hybridized carbons (Fsp3) is 0.643. The lowest BCUT2D eigenvalue weighted by molar-refractivity contribution is 0.108. The second-order valence-corrected chi connectivity index (χ2v) is 5.20. The Bertz CT molecular complexity index is 357. The molecule has 4 nitrogen and oxygen atoms in total. The van der Waals surface area contributed by atoms with E-state index in [0.29, 0.717) is 6.04 Å². The molecule has 2 rings (SSSR count). The van der Waals surface area contributed by atoms with Crippen molar-refractivity contribution in [1.29, 1.82) is 0 Å². The summed E-state index contributed by atoms with van der Waals surface area (Å²) < 4.78 is 0. The number of hydrogen-bond donors (Lipinski definition) is 1. The fourth-order valence-corrected chi connectivity index (χ4v) is 2.50. The van der Waals surface area contributed by atoms with Crippen molar-refractivity contribution < 1.29 is 5.11 Å². The van der Waals surface area contributed by atoms with Gasteiger partial charge in [0.15, 0.2) is 0 Å². The Hall–Kier alpha value is -0.970. The predicted octanol–water partition coefficient (Wildman–Crippen LogP) is 0.968. The summed E-state index contributed by atoms with van der Waals surface area (Å²) in [6.45, 7) is 5.30. The zero-order valence-electron chi connectivity index (χ0n) is 11.3. The molecule has 1 aliphatic heterocycles. The van der Waals surface area contributed by atoms with Crippen molar-refractivity contribution in [3.63, 3.8) is 0 Å². The van der Waals surface area contributed by atoms with Gasteiger partial charge in [0.1, 0.15) is 0 Å². The van der Waals surface area contributed by atoms with E-state index in [0.717, 1.165) is 31.7 Å². The van der Waals surface area contributed by atoms with Crippen LogP contribution in [0.1, 0.15) is 19.0 Å². The van der Waals surface area contributed by atoms with E-state index in [-0.39, 0.29) is 12.6 Å². The largest absolute Gasteiger partial charge is 0.395 e. The molecule has 2 heterocycles. The van der Waals surface area contributed by atoms with Crippen molar-refractivity contribution >= 4 is 0 Å². The van der Waals surface area contributed by atoms with Crippen LogP contribution in [-0.2, 0) is 6.54 Å². The molecule has 0 bridgehead atoms. The highest BCUT2D eigenvalue weighted by molar-refractivity contribution is 5.03. The molecule has 4 heteroatoms. The van der Waals surface area contributed by atoms with E-state index in [1.807, 2.05) is 18.3 Å². The van der Waals surface area contributed by atoms with Crippen LogP contribution in [0.3, 0.4) is 0 Å². The molecule has 1 aromatic rings. The quantitative estimate of drug-likeness (QED) is 0.866. The van der Waals surface area contributed by atoms with Crippen LogP contribution in [0.4, 0.5) is 0 Å². The lowest BCUT2D eigenvalue weighted by atomic mass is 10.2. The van der Waals surface area contributed by atoms with Crippen molar-refractivity contribution in [3.8, 4) is 0 Å². The topological polar surface area (TPSA) is 39.6 Å². The molecule has 0 aromatic carbocycles. The molecule has 1 saturated heterocycles. The zero-order valence-corrected chi connectivity index (χ0v) is 11.3. The first kappa shape index (κ1) is 13.5. The van der Waals surface area contributed by atoms with E-state index in [2.05, 4.69) is 34.8 Å². The minimum absolute atomic E-state index is 0.222. The summed E-state index contributed by atoms with van der Waals surface area (Å²) in [6.07, 6.45) is 2.98. The highest BCUT2D eigenvalue weighted by Gasteiger charge is 2.26. The molecule has 2 atom stereocenters. The van der Waals surface area contributed by atoms with Gasteiger partial charge in [0, 0.05) is 37.9 Å². The number of aromatic nitrogens is 1. The first-order chi connectivity index (χ1) is 8.70. The summed E-state index contributed by atoms with van der Waals surface area (Å²) in [4.78, 5) is 9.06. The predicted molar refractivity (Wildman–Crippen MR) is 72.2 cm³/mol. The molecule has 1 N–H and O–H groups in total. The Morgan fingerprint density at radius 3 is 2.94 bits per heavy atom. The Kier molecular flexibility index (Phi) is 4.69. The van der Waals surface area contributed by atoms with Crippen LogP contribution >= 0.6 is 0 Å². The lowest BCUT2D eigenvalue weighted by Gasteiger charge is -2.30. The third-order valence-corrected chi connectivity index (χ3v) is 3.93. The zero-order chi connectivity index (χ0) is 13.0. The normalized spacial score (nSPS) is 27.1. The highest BCUT2D eigenvalue weighted by Crippen LogP contribution is 2.15. The number of aliphatic hydroxyl groups is 1. The minimum atomic E-state index is 0.222. The summed E-state index contributed by atoms with van der Waals surface area (Å²) >= 11 is 0. The van der Waals surface area contributed by atoms with E-state index < -0.39 is 0 Å². The number of hydrogen-bond acceptors (Lipinski definition) is 4. The molecule has 1 aromatic heterocycles. The first-order valence-electron chi connectivity index (χ1n) is 6.65. The van der Waals surface area contributed by atoms with Gasteiger partial charge in [-0.15, -0.1) is 0 Å². The van der Waals surface area contributed by atoms with Gasteiger partial charge in [-0.1, -0.05) is 6.07 Å². The Labute approximate surface area is 109 Å². The van der Waals surface area contributed by atoms with Gasteiger partial charge < -0.3 is 5.11 Å². The number of aliphatic hydroxyl groups excluding tert-OH is 1. The van der Waals surface area contributed by atoms with Crippen LogP contribution in [0.5, 0.6) is 0 Å². The van der Waals surface area contributed by atoms with Crippen LogP contribution in [-0.4, -0.2) is 58.7 Å². The maximum atomic E-state index is 9.50. The molecule has 0 spiro atoms. The van der Waals surface area contributed by atoms with Crippen molar-refractivity contribution in [2.45, 2.75) is 32.0 Å². The maximum Gasteiger partial charge on any atom is 0.0599 e. The molecule has 1 fully saturated rings. The standard InChI is InChI=1S/C14H23N3O/c1-12-6-8-17(10-14(11-18)16(12)2)9-13-5-3-4-7-15-13/h3-5,7,12,14,18H,6,8-11H2,1-2H3. The van der Waals surface area contributed by atoms with Crippen LogP contribution in [0, 0.1) is 0 Å². The van der Waals surface area contributed by atoms with Gasteiger partial charge in [0.25, 0.3) is 0 Å². The van der Waals surface area contributed by atoms with Gasteiger partial charge in [0.2, 0.25) is 0 Å². The number of nitrogens with zero attached hydrogens (tertiary/aromatic N) is 3. The third-order valence-electron chi connectivity index (χ3n) is 3.93. The molecular weight excluding hydrogens is 226 g/mol. The van der Waals surface area contributed by atoms with Gasteiger partial charge in [-0.2, -0.15) is 0 Å². The summed E-state index contributed by atoms with van der Waals surface area (Å²) in [5, 5.41) is 9.50. The van der Waals surface area contributed by atoms with E-state index >= 15 is 0 Å².